The normalized spacial score (nSPS) is 10.4. The second-order valence-electron chi connectivity index (χ2n) is 5.96. The van der Waals surface area contributed by atoms with E-state index >= 15 is 0 Å². The molecule has 0 fully saturated rings. The minimum atomic E-state index is -0.327. The van der Waals surface area contributed by atoms with Gasteiger partial charge in [0, 0.05) is 24.7 Å². The van der Waals surface area contributed by atoms with Crippen LogP contribution >= 0.6 is 0 Å². The van der Waals surface area contributed by atoms with Crippen LogP contribution in [0.2, 0.25) is 0 Å². The maximum Gasteiger partial charge on any atom is 0.262 e. The second kappa shape index (κ2) is 8.13. The van der Waals surface area contributed by atoms with Gasteiger partial charge in [-0.1, -0.05) is 24.3 Å². The van der Waals surface area contributed by atoms with Gasteiger partial charge >= 0.3 is 0 Å². The number of para-hydroxylation sites is 1. The van der Waals surface area contributed by atoms with Crippen molar-refractivity contribution in [1.82, 2.24) is 19.7 Å². The van der Waals surface area contributed by atoms with Gasteiger partial charge in [-0.15, -0.1) is 0 Å². The van der Waals surface area contributed by atoms with Gasteiger partial charge in [0.2, 0.25) is 5.88 Å². The first-order chi connectivity index (χ1) is 13.8. The van der Waals surface area contributed by atoms with Crippen molar-refractivity contribution >= 4 is 11.7 Å². The summed E-state index contributed by atoms with van der Waals surface area (Å²) in [5.41, 5.74) is 1.32. The molecule has 0 spiro atoms. The number of benzene rings is 1. The van der Waals surface area contributed by atoms with Crippen molar-refractivity contribution in [2.45, 2.75) is 6.54 Å². The third-order valence-corrected chi connectivity index (χ3v) is 3.99. The van der Waals surface area contributed by atoms with Crippen LogP contribution in [0.5, 0.6) is 11.6 Å². The molecule has 1 N–H and O–H groups in total. The molecule has 3 heterocycles. The Hall–Kier alpha value is -4.00. The number of hydrogen-bond donors (Lipinski definition) is 1. The lowest BCUT2D eigenvalue weighted by molar-refractivity contribution is 0.102. The summed E-state index contributed by atoms with van der Waals surface area (Å²) in [6.45, 7) is 0.497. The third kappa shape index (κ3) is 4.04. The molecule has 0 atom stereocenters. The fraction of sp³-hybridized carbons (Fsp3) is 0.0476. The molecule has 1 aromatic carbocycles. The zero-order valence-corrected chi connectivity index (χ0v) is 14.9. The zero-order valence-electron chi connectivity index (χ0n) is 14.9. The topological polar surface area (TPSA) is 81.9 Å². The number of carbonyl (C=O) groups is 1. The smallest absolute Gasteiger partial charge is 0.262 e. The second-order valence-corrected chi connectivity index (χ2v) is 5.96. The minimum Gasteiger partial charge on any atom is -0.438 e. The average Bonchev–Trinajstić information content (AvgIpc) is 3.16. The number of nitrogens with zero attached hydrogens (tertiary/aromatic N) is 4. The van der Waals surface area contributed by atoms with Crippen molar-refractivity contribution in [3.05, 3.63) is 96.6 Å². The van der Waals surface area contributed by atoms with Gasteiger partial charge in [0.05, 0.1) is 12.7 Å². The lowest BCUT2D eigenvalue weighted by Gasteiger charge is -2.11. The predicted octanol–water partition coefficient (Wildman–Crippen LogP) is 3.77. The number of rotatable bonds is 6. The Labute approximate surface area is 161 Å². The molecule has 28 heavy (non-hydrogen) atoms. The van der Waals surface area contributed by atoms with E-state index in [4.69, 9.17) is 4.74 Å². The number of amides is 1. The Morgan fingerprint density at radius 1 is 0.964 bits per heavy atom. The number of nitrogens with one attached hydrogen (secondary N) is 1. The van der Waals surface area contributed by atoms with Gasteiger partial charge in [-0.3, -0.25) is 9.78 Å². The predicted molar refractivity (Wildman–Crippen MR) is 104 cm³/mol. The molecular weight excluding hydrogens is 354 g/mol. The molecule has 3 aromatic heterocycles. The molecule has 0 aliphatic heterocycles. The molecule has 0 radical (unpaired) electrons. The van der Waals surface area contributed by atoms with Gasteiger partial charge in [-0.25, -0.2) is 9.67 Å². The van der Waals surface area contributed by atoms with Crippen molar-refractivity contribution in [2.24, 2.45) is 0 Å². The molecule has 0 aliphatic carbocycles. The highest BCUT2D eigenvalue weighted by Crippen LogP contribution is 2.23. The average molecular weight is 371 g/mol. The summed E-state index contributed by atoms with van der Waals surface area (Å²) in [5.74, 6) is 1.09. The largest absolute Gasteiger partial charge is 0.438 e. The molecule has 138 valence electrons. The molecule has 0 saturated heterocycles. The first kappa shape index (κ1) is 17.4. The van der Waals surface area contributed by atoms with E-state index in [0.29, 0.717) is 23.7 Å². The standard InChI is InChI=1S/C21H17N5O2/c27-20(18-9-5-12-23-21(18)28-17-7-2-1-3-8-17)25-19-10-13-24-26(19)15-16-6-4-11-22-14-16/h1-14H,15H2,(H,25,27). The Morgan fingerprint density at radius 3 is 2.64 bits per heavy atom. The number of anilines is 1. The lowest BCUT2D eigenvalue weighted by atomic mass is 10.2. The van der Waals surface area contributed by atoms with Crippen LogP contribution in [0, 0.1) is 0 Å². The molecule has 0 unspecified atom stereocenters. The van der Waals surface area contributed by atoms with Gasteiger partial charge < -0.3 is 10.1 Å². The van der Waals surface area contributed by atoms with E-state index in [9.17, 15) is 4.79 Å². The van der Waals surface area contributed by atoms with Crippen LogP contribution in [0.3, 0.4) is 0 Å². The first-order valence-electron chi connectivity index (χ1n) is 8.69. The molecule has 4 aromatic rings. The molecule has 0 aliphatic rings. The Bertz CT molecular complexity index is 1060. The van der Waals surface area contributed by atoms with Crippen molar-refractivity contribution in [3.63, 3.8) is 0 Å². The molecule has 7 heteroatoms. The van der Waals surface area contributed by atoms with Crippen molar-refractivity contribution in [3.8, 4) is 11.6 Å². The van der Waals surface area contributed by atoms with E-state index in [2.05, 4.69) is 20.4 Å². The van der Waals surface area contributed by atoms with Crippen LogP contribution < -0.4 is 10.1 Å². The molecule has 4 rings (SSSR count). The van der Waals surface area contributed by atoms with Gasteiger partial charge in [0.1, 0.15) is 17.1 Å². The van der Waals surface area contributed by atoms with E-state index in [-0.39, 0.29) is 11.8 Å². The summed E-state index contributed by atoms with van der Waals surface area (Å²) in [5, 5.41) is 7.15. The van der Waals surface area contributed by atoms with Crippen molar-refractivity contribution in [1.29, 1.82) is 0 Å². The fourth-order valence-corrected chi connectivity index (χ4v) is 2.66. The summed E-state index contributed by atoms with van der Waals surface area (Å²) in [7, 11) is 0. The molecule has 1 amide bonds. The quantitative estimate of drug-likeness (QED) is 0.558. The van der Waals surface area contributed by atoms with Gasteiger partial charge in [-0.05, 0) is 35.9 Å². The third-order valence-electron chi connectivity index (χ3n) is 3.99. The van der Waals surface area contributed by atoms with Crippen LogP contribution in [0.15, 0.2) is 85.5 Å². The maximum absolute atomic E-state index is 12.8. The highest BCUT2D eigenvalue weighted by atomic mass is 16.5. The number of aromatic nitrogens is 4. The van der Waals surface area contributed by atoms with Crippen LogP contribution in [-0.2, 0) is 6.54 Å². The molecule has 0 saturated carbocycles. The Balaban J connectivity index is 1.53. The maximum atomic E-state index is 12.8. The molecule has 7 nitrogen and oxygen atoms in total. The van der Waals surface area contributed by atoms with E-state index in [1.165, 1.54) is 0 Å². The number of hydrogen-bond acceptors (Lipinski definition) is 5. The first-order valence-corrected chi connectivity index (χ1v) is 8.69. The number of carbonyl (C=O) groups excluding carboxylic acids is 1. The number of pyridine rings is 2. The van der Waals surface area contributed by atoms with Crippen molar-refractivity contribution < 1.29 is 9.53 Å². The van der Waals surface area contributed by atoms with E-state index in [1.807, 2.05) is 30.3 Å². The van der Waals surface area contributed by atoms with Gasteiger partial charge in [0.15, 0.2) is 0 Å². The Kier molecular flexibility index (Phi) is 5.06. The highest BCUT2D eigenvalue weighted by molar-refractivity contribution is 6.05. The van der Waals surface area contributed by atoms with Crippen LogP contribution in [0.4, 0.5) is 5.82 Å². The zero-order chi connectivity index (χ0) is 19.2. The lowest BCUT2D eigenvalue weighted by Crippen LogP contribution is -2.17. The van der Waals surface area contributed by atoms with Crippen LogP contribution in [0.25, 0.3) is 0 Å². The van der Waals surface area contributed by atoms with Gasteiger partial charge in [0.25, 0.3) is 5.91 Å². The van der Waals surface area contributed by atoms with Gasteiger partial charge in [-0.2, -0.15) is 5.10 Å². The summed E-state index contributed by atoms with van der Waals surface area (Å²) >= 11 is 0. The van der Waals surface area contributed by atoms with E-state index in [1.54, 1.807) is 59.8 Å². The van der Waals surface area contributed by atoms with Crippen molar-refractivity contribution in [2.75, 3.05) is 5.32 Å². The highest BCUT2D eigenvalue weighted by Gasteiger charge is 2.16. The monoisotopic (exact) mass is 371 g/mol. The minimum absolute atomic E-state index is 0.240. The Morgan fingerprint density at radius 2 is 1.82 bits per heavy atom. The summed E-state index contributed by atoms with van der Waals surface area (Å²) in [6.07, 6.45) is 6.70. The summed E-state index contributed by atoms with van der Waals surface area (Å²) in [4.78, 5) is 21.1. The molecular formula is C21H17N5O2. The SMILES string of the molecule is O=C(Nc1ccnn1Cc1cccnc1)c1cccnc1Oc1ccccc1. The van der Waals surface area contributed by atoms with Crippen LogP contribution in [0.1, 0.15) is 15.9 Å². The van der Waals surface area contributed by atoms with E-state index < -0.39 is 0 Å². The fourth-order valence-electron chi connectivity index (χ4n) is 2.66. The summed E-state index contributed by atoms with van der Waals surface area (Å²) in [6, 6.07) is 18.1. The van der Waals surface area contributed by atoms with E-state index in [0.717, 1.165) is 5.56 Å². The number of ether oxygens (including phenoxy) is 1. The van der Waals surface area contributed by atoms with Crippen LogP contribution in [-0.4, -0.2) is 25.7 Å². The molecule has 0 bridgehead atoms. The summed E-state index contributed by atoms with van der Waals surface area (Å²) < 4.78 is 7.47.